The fraction of sp³-hybridized carbons (Fsp3) is 0.625. The summed E-state index contributed by atoms with van der Waals surface area (Å²) in [7, 11) is -2.79. The Morgan fingerprint density at radius 3 is 2.49 bits per heavy atom. The van der Waals surface area contributed by atoms with Crippen LogP contribution in [0.25, 0.3) is 10.8 Å². The number of methoxy groups -OCH3 is 1. The van der Waals surface area contributed by atoms with Crippen molar-refractivity contribution in [2.75, 3.05) is 13.7 Å². The second-order valence-corrected chi connectivity index (χ2v) is 19.2. The number of ether oxygens (including phenoxy) is 3. The van der Waals surface area contributed by atoms with Gasteiger partial charge in [0.25, 0.3) is 5.91 Å². The monoisotopic (exact) mass is 853 g/mol. The van der Waals surface area contributed by atoms with Crippen LogP contribution in [0.4, 0.5) is 22.4 Å². The standard InChI is InChI=1S/C40H51F4N5O9S/c1-7-23-16-22(2)10-8-9-11-25-20-39(25,35(52)48-59(54,55)38(5)13-14-38)47-32(50)29-18-26(57-33-27-19-28(41)30(56-6)17-24(27)12-15-45-33)21-49(29)34(51)31(23)46-36(53)58-37(3,4)40(42,43)44/h9,11-12,15,17,19,22-23,25-26,29,31H,7-8,10,13-14,16,18,20-21H2,1-6H3,(H,46,53)(H,47,50)(H,48,52)/b11-9+/t22-,23+,25+,26+,29-,31-,39+/m0/s1. The lowest BCUT2D eigenvalue weighted by Crippen LogP contribution is -2.60. The summed E-state index contributed by atoms with van der Waals surface area (Å²) >= 11 is 0. The minimum absolute atomic E-state index is 0.0237. The van der Waals surface area contributed by atoms with E-state index < -0.39 is 91.7 Å². The predicted octanol–water partition coefficient (Wildman–Crippen LogP) is 5.44. The van der Waals surface area contributed by atoms with Gasteiger partial charge >= 0.3 is 12.3 Å². The molecule has 4 aliphatic rings. The van der Waals surface area contributed by atoms with E-state index in [4.69, 9.17) is 14.2 Å². The number of nitrogens with one attached hydrogen (secondary N) is 3. The van der Waals surface area contributed by atoms with Gasteiger partial charge in [-0.1, -0.05) is 32.4 Å². The number of hydrogen-bond acceptors (Lipinski definition) is 10. The lowest BCUT2D eigenvalue weighted by atomic mass is 9.85. The Hall–Kier alpha value is -4.68. The van der Waals surface area contributed by atoms with Crippen molar-refractivity contribution in [3.63, 3.8) is 0 Å². The predicted molar refractivity (Wildman–Crippen MR) is 206 cm³/mol. The molecule has 7 atom stereocenters. The zero-order valence-electron chi connectivity index (χ0n) is 33.8. The number of benzene rings is 1. The Kier molecular flexibility index (Phi) is 11.9. The molecular formula is C40H51F4N5O9S. The number of hydrogen-bond donors (Lipinski definition) is 3. The molecule has 2 saturated carbocycles. The van der Waals surface area contributed by atoms with Gasteiger partial charge in [-0.25, -0.2) is 22.6 Å². The summed E-state index contributed by atoms with van der Waals surface area (Å²) < 4.78 is 99.9. The summed E-state index contributed by atoms with van der Waals surface area (Å²) in [5.74, 6) is -4.60. The molecule has 0 bridgehead atoms. The maximum atomic E-state index is 14.9. The fourth-order valence-electron chi connectivity index (χ4n) is 7.82. The smallest absolute Gasteiger partial charge is 0.427 e. The number of aromatic nitrogens is 1. The van der Waals surface area contributed by atoms with Crippen molar-refractivity contribution in [1.82, 2.24) is 25.2 Å². The fourth-order valence-corrected chi connectivity index (χ4v) is 9.13. The van der Waals surface area contributed by atoms with Gasteiger partial charge in [-0.2, -0.15) is 13.2 Å². The van der Waals surface area contributed by atoms with Crippen molar-refractivity contribution >= 4 is 44.6 Å². The highest BCUT2D eigenvalue weighted by Gasteiger charge is 2.63. The van der Waals surface area contributed by atoms with Crippen LogP contribution in [0.15, 0.2) is 36.5 Å². The molecule has 6 rings (SSSR count). The molecule has 1 aromatic carbocycles. The van der Waals surface area contributed by atoms with E-state index in [1.807, 2.05) is 13.0 Å². The minimum Gasteiger partial charge on any atom is -0.494 e. The third-order valence-corrected chi connectivity index (χ3v) is 14.3. The number of fused-ring (bicyclic) bond motifs is 3. The summed E-state index contributed by atoms with van der Waals surface area (Å²) in [5, 5.41) is 5.93. The lowest BCUT2D eigenvalue weighted by Gasteiger charge is -2.35. The van der Waals surface area contributed by atoms with Crippen molar-refractivity contribution in [3.8, 4) is 11.6 Å². The average Bonchev–Trinajstić information content (AvgIpc) is 4.03. The second-order valence-electron chi connectivity index (χ2n) is 17.0. The maximum absolute atomic E-state index is 14.9. The molecule has 2 aliphatic carbocycles. The van der Waals surface area contributed by atoms with Gasteiger partial charge in [0.1, 0.15) is 23.7 Å². The van der Waals surface area contributed by atoms with Crippen LogP contribution in [-0.4, -0.2) is 96.0 Å². The van der Waals surface area contributed by atoms with Crippen LogP contribution >= 0.6 is 0 Å². The molecule has 59 heavy (non-hydrogen) atoms. The molecule has 0 unspecified atom stereocenters. The van der Waals surface area contributed by atoms with E-state index in [1.54, 1.807) is 19.1 Å². The number of amides is 4. The third kappa shape index (κ3) is 8.94. The molecule has 3 N–H and O–H groups in total. The number of halogens is 4. The molecule has 0 radical (unpaired) electrons. The van der Waals surface area contributed by atoms with Gasteiger partial charge in [0.05, 0.1) is 18.4 Å². The number of carbonyl (C=O) groups excluding carboxylic acids is 4. The lowest BCUT2D eigenvalue weighted by molar-refractivity contribution is -0.244. The number of alkyl carbamates (subject to hydrolysis) is 1. The summed E-state index contributed by atoms with van der Waals surface area (Å²) in [4.78, 5) is 62.0. The molecule has 2 aliphatic heterocycles. The van der Waals surface area contributed by atoms with E-state index >= 15 is 0 Å². The zero-order valence-corrected chi connectivity index (χ0v) is 34.6. The number of rotatable bonds is 9. The first-order chi connectivity index (χ1) is 27.5. The van der Waals surface area contributed by atoms with Gasteiger partial charge in [-0.15, -0.1) is 0 Å². The molecule has 1 aromatic heterocycles. The minimum atomic E-state index is -4.94. The Labute approximate surface area is 340 Å². The van der Waals surface area contributed by atoms with Crippen LogP contribution in [0, 0.1) is 23.6 Å². The number of alkyl halides is 3. The van der Waals surface area contributed by atoms with E-state index in [0.717, 1.165) is 4.90 Å². The van der Waals surface area contributed by atoms with Crippen molar-refractivity contribution in [3.05, 3.63) is 42.4 Å². The topological polar surface area (TPSA) is 182 Å². The molecule has 3 fully saturated rings. The number of nitrogens with zero attached hydrogens (tertiary/aromatic N) is 2. The zero-order chi connectivity index (χ0) is 43.3. The largest absolute Gasteiger partial charge is 0.494 e. The van der Waals surface area contributed by atoms with E-state index in [-0.39, 0.29) is 42.3 Å². The summed E-state index contributed by atoms with van der Waals surface area (Å²) in [6.45, 7) is 6.28. The van der Waals surface area contributed by atoms with Crippen molar-refractivity contribution in [2.45, 2.75) is 126 Å². The van der Waals surface area contributed by atoms with Gasteiger partial charge in [0, 0.05) is 23.9 Å². The van der Waals surface area contributed by atoms with Crippen LogP contribution in [0.5, 0.6) is 11.6 Å². The second kappa shape index (κ2) is 16.1. The third-order valence-electron chi connectivity index (χ3n) is 12.2. The number of pyridine rings is 1. The van der Waals surface area contributed by atoms with E-state index in [1.165, 1.54) is 32.4 Å². The molecule has 4 amide bonds. The normalized spacial score (nSPS) is 29.2. The van der Waals surface area contributed by atoms with E-state index in [2.05, 4.69) is 20.3 Å². The highest BCUT2D eigenvalue weighted by Crippen LogP contribution is 2.48. The molecule has 2 aromatic rings. The Morgan fingerprint density at radius 1 is 1.14 bits per heavy atom. The Bertz CT molecular complexity index is 2130. The van der Waals surface area contributed by atoms with Gasteiger partial charge in [-0.3, -0.25) is 19.1 Å². The van der Waals surface area contributed by atoms with Gasteiger partial charge in [0.2, 0.25) is 33.3 Å². The summed E-state index contributed by atoms with van der Waals surface area (Å²) in [6, 6.07) is 1.36. The molecule has 14 nitrogen and oxygen atoms in total. The average molecular weight is 854 g/mol. The summed E-state index contributed by atoms with van der Waals surface area (Å²) in [5.41, 5.74) is -4.60. The number of allylic oxidation sites excluding steroid dienone is 1. The van der Waals surface area contributed by atoms with Crippen LogP contribution < -0.4 is 24.8 Å². The first kappa shape index (κ1) is 43.9. The molecular weight excluding hydrogens is 803 g/mol. The Morgan fingerprint density at radius 2 is 1.85 bits per heavy atom. The molecule has 1 saturated heterocycles. The van der Waals surface area contributed by atoms with Gasteiger partial charge in [-0.05, 0) is 94.7 Å². The van der Waals surface area contributed by atoms with Crippen LogP contribution in [0.3, 0.4) is 0 Å². The van der Waals surface area contributed by atoms with Crippen LogP contribution in [0.1, 0.15) is 86.0 Å². The van der Waals surface area contributed by atoms with Gasteiger partial charge in [0.15, 0.2) is 11.6 Å². The summed E-state index contributed by atoms with van der Waals surface area (Å²) in [6.07, 6.45) is -0.0192. The molecule has 324 valence electrons. The van der Waals surface area contributed by atoms with E-state index in [9.17, 15) is 45.2 Å². The Balaban J connectivity index is 1.38. The SMILES string of the molecule is CC[C@@H]1C[C@@H](C)CC/C=C/[C@@H]2C[C@@]2(C(=O)NS(=O)(=O)C2(C)CC2)NC(=O)[C@@H]2C[C@@H](Oc3nccc4cc(OC)c(F)cc34)CN2C(=O)[C@H]1NC(=O)OC(C)(C)C(F)(F)F. The maximum Gasteiger partial charge on any atom is 0.427 e. The molecule has 0 spiro atoms. The van der Waals surface area contributed by atoms with Crippen LogP contribution in [-0.2, 0) is 29.1 Å². The highest BCUT2D eigenvalue weighted by atomic mass is 32.2. The molecule has 19 heteroatoms. The van der Waals surface area contributed by atoms with E-state index in [0.29, 0.717) is 57.8 Å². The van der Waals surface area contributed by atoms with Gasteiger partial charge < -0.3 is 29.7 Å². The highest BCUT2D eigenvalue weighted by molar-refractivity contribution is 7.91. The quantitative estimate of drug-likeness (QED) is 0.217. The first-order valence-corrected chi connectivity index (χ1v) is 21.2. The van der Waals surface area contributed by atoms with Crippen molar-refractivity contribution in [2.24, 2.45) is 17.8 Å². The first-order valence-electron chi connectivity index (χ1n) is 19.8. The number of sulfonamides is 1. The number of carbonyl (C=O) groups is 4. The van der Waals surface area contributed by atoms with Crippen LogP contribution in [0.2, 0.25) is 0 Å². The van der Waals surface area contributed by atoms with Crippen molar-refractivity contribution in [1.29, 1.82) is 0 Å². The molecule has 3 heterocycles. The van der Waals surface area contributed by atoms with Crippen molar-refractivity contribution < 1.29 is 59.4 Å².